The Morgan fingerprint density at radius 1 is 1.12 bits per heavy atom. The van der Waals surface area contributed by atoms with Crippen LogP contribution in [0, 0.1) is 5.92 Å². The smallest absolute Gasteiger partial charge is 0.319 e. The van der Waals surface area contributed by atoms with Crippen LogP contribution >= 0.6 is 11.6 Å². The number of carboxylic acid groups (broad SMARTS) is 2. The molecular weight excluding hydrogens is 338 g/mol. The second kappa shape index (κ2) is 10.2. The van der Waals surface area contributed by atoms with E-state index in [1.54, 1.807) is 38.1 Å². The van der Waals surface area contributed by atoms with Crippen molar-refractivity contribution in [3.8, 4) is 0 Å². The summed E-state index contributed by atoms with van der Waals surface area (Å²) in [5.41, 5.74) is 0.713. The molecule has 0 saturated carbocycles. The summed E-state index contributed by atoms with van der Waals surface area (Å²) < 4.78 is 10.8. The molecule has 0 bridgehead atoms. The summed E-state index contributed by atoms with van der Waals surface area (Å²) in [7, 11) is 0. The zero-order chi connectivity index (χ0) is 18.1. The maximum absolute atomic E-state index is 11.4. The Hall–Kier alpha value is -1.67. The Morgan fingerprint density at radius 3 is 2.12 bits per heavy atom. The van der Waals surface area contributed by atoms with Crippen LogP contribution < -0.4 is 5.32 Å². The molecule has 0 aliphatic carbocycles. The lowest BCUT2D eigenvalue weighted by Gasteiger charge is -2.30. The molecule has 0 aliphatic heterocycles. The molecule has 1 aromatic rings. The Balaban J connectivity index is 3.04. The minimum Gasteiger partial charge on any atom is -0.481 e. The van der Waals surface area contributed by atoms with E-state index < -0.39 is 30.2 Å². The van der Waals surface area contributed by atoms with Crippen LogP contribution in [0.15, 0.2) is 24.3 Å². The van der Waals surface area contributed by atoms with E-state index in [4.69, 9.17) is 21.1 Å². The molecule has 1 unspecified atom stereocenters. The average molecular weight is 360 g/mol. The molecule has 1 atom stereocenters. The number of hydrogen-bond donors (Lipinski definition) is 3. The zero-order valence-electron chi connectivity index (χ0n) is 13.6. The Labute approximate surface area is 145 Å². The highest BCUT2D eigenvalue weighted by molar-refractivity contribution is 6.31. The Bertz CT molecular complexity index is 533. The number of rotatable bonds is 11. The summed E-state index contributed by atoms with van der Waals surface area (Å²) >= 11 is 6.08. The molecule has 0 saturated heterocycles. The zero-order valence-corrected chi connectivity index (χ0v) is 14.3. The number of aliphatic carboxylic acids is 2. The largest absolute Gasteiger partial charge is 0.481 e. The van der Waals surface area contributed by atoms with Crippen LogP contribution in [0.1, 0.15) is 19.4 Å². The fourth-order valence-electron chi connectivity index (χ4n) is 2.24. The second-order valence-electron chi connectivity index (χ2n) is 4.93. The van der Waals surface area contributed by atoms with E-state index in [0.717, 1.165) is 0 Å². The third kappa shape index (κ3) is 5.76. The SMILES string of the molecule is CCOC(OCC)C(NCc1ccccc1Cl)C(C(=O)O)C(=O)O. The standard InChI is InChI=1S/C16H22ClNO6/c1-3-23-16(24-4-2)13(12(14(19)20)15(21)22)18-9-10-7-5-6-8-11(10)17/h5-8,12-13,16,18H,3-4,9H2,1-2H3,(H,19,20)(H,21,22). The van der Waals surface area contributed by atoms with Crippen LogP contribution in [0.25, 0.3) is 0 Å². The number of benzene rings is 1. The normalized spacial score (nSPS) is 12.5. The lowest BCUT2D eigenvalue weighted by Crippen LogP contribution is -2.53. The minimum atomic E-state index is -1.73. The van der Waals surface area contributed by atoms with Crippen LogP contribution in [0.4, 0.5) is 0 Å². The number of carboxylic acids is 2. The maximum atomic E-state index is 11.4. The monoisotopic (exact) mass is 359 g/mol. The summed E-state index contributed by atoms with van der Waals surface area (Å²) in [6.07, 6.45) is -1.01. The van der Waals surface area contributed by atoms with Gasteiger partial charge in [0.25, 0.3) is 0 Å². The van der Waals surface area contributed by atoms with Crippen molar-refractivity contribution in [1.82, 2.24) is 5.32 Å². The first-order valence-corrected chi connectivity index (χ1v) is 7.95. The molecule has 0 aliphatic rings. The summed E-state index contributed by atoms with van der Waals surface area (Å²) in [6, 6.07) is 5.92. The van der Waals surface area contributed by atoms with Crippen LogP contribution in [-0.4, -0.2) is 47.7 Å². The van der Waals surface area contributed by atoms with Gasteiger partial charge >= 0.3 is 11.9 Å². The van der Waals surface area contributed by atoms with Crippen LogP contribution in [-0.2, 0) is 25.6 Å². The van der Waals surface area contributed by atoms with E-state index in [0.29, 0.717) is 10.6 Å². The Kier molecular flexibility index (Phi) is 8.70. The number of ether oxygens (including phenoxy) is 2. The van der Waals surface area contributed by atoms with E-state index in [2.05, 4.69) is 5.32 Å². The van der Waals surface area contributed by atoms with Crippen molar-refractivity contribution in [2.45, 2.75) is 32.7 Å². The average Bonchev–Trinajstić information content (AvgIpc) is 2.51. The second-order valence-corrected chi connectivity index (χ2v) is 5.34. The van der Waals surface area contributed by atoms with E-state index in [1.165, 1.54) is 0 Å². The van der Waals surface area contributed by atoms with Crippen molar-refractivity contribution in [3.63, 3.8) is 0 Å². The van der Waals surface area contributed by atoms with Crippen molar-refractivity contribution < 1.29 is 29.3 Å². The fourth-order valence-corrected chi connectivity index (χ4v) is 2.44. The molecule has 1 aromatic carbocycles. The minimum absolute atomic E-state index is 0.179. The molecule has 0 amide bonds. The van der Waals surface area contributed by atoms with Gasteiger partial charge in [-0.15, -0.1) is 0 Å². The first-order valence-electron chi connectivity index (χ1n) is 7.57. The van der Waals surface area contributed by atoms with Gasteiger partial charge in [0.2, 0.25) is 0 Å². The van der Waals surface area contributed by atoms with Gasteiger partial charge < -0.3 is 25.0 Å². The van der Waals surface area contributed by atoms with Crippen molar-refractivity contribution in [1.29, 1.82) is 0 Å². The summed E-state index contributed by atoms with van der Waals surface area (Å²) in [5.74, 6) is -4.66. The van der Waals surface area contributed by atoms with Gasteiger partial charge in [-0.05, 0) is 25.5 Å². The highest BCUT2D eigenvalue weighted by Crippen LogP contribution is 2.18. The first-order chi connectivity index (χ1) is 11.4. The molecule has 0 heterocycles. The molecule has 1 rings (SSSR count). The molecule has 0 radical (unpaired) electrons. The van der Waals surface area contributed by atoms with Gasteiger partial charge in [0.1, 0.15) is 0 Å². The lowest BCUT2D eigenvalue weighted by atomic mass is 9.98. The van der Waals surface area contributed by atoms with E-state index in [1.807, 2.05) is 0 Å². The number of hydrogen-bond acceptors (Lipinski definition) is 5. The van der Waals surface area contributed by atoms with Crippen molar-refractivity contribution >= 4 is 23.5 Å². The fraction of sp³-hybridized carbons (Fsp3) is 0.500. The third-order valence-corrected chi connectivity index (χ3v) is 3.70. The molecule has 7 nitrogen and oxygen atoms in total. The quantitative estimate of drug-likeness (QED) is 0.410. The van der Waals surface area contributed by atoms with Gasteiger partial charge in [0.05, 0.1) is 6.04 Å². The van der Waals surface area contributed by atoms with E-state index in [9.17, 15) is 19.8 Å². The van der Waals surface area contributed by atoms with E-state index >= 15 is 0 Å². The summed E-state index contributed by atoms with van der Waals surface area (Å²) in [5, 5.41) is 22.0. The van der Waals surface area contributed by atoms with Crippen LogP contribution in [0.2, 0.25) is 5.02 Å². The van der Waals surface area contributed by atoms with Gasteiger partial charge in [-0.3, -0.25) is 9.59 Å². The molecule has 3 N–H and O–H groups in total. The molecule has 0 aromatic heterocycles. The van der Waals surface area contributed by atoms with Crippen molar-refractivity contribution in [2.75, 3.05) is 13.2 Å². The number of nitrogens with one attached hydrogen (secondary N) is 1. The highest BCUT2D eigenvalue weighted by Gasteiger charge is 2.40. The van der Waals surface area contributed by atoms with Crippen molar-refractivity contribution in [3.05, 3.63) is 34.9 Å². The summed E-state index contributed by atoms with van der Waals surface area (Å²) in [4.78, 5) is 22.8. The highest BCUT2D eigenvalue weighted by atomic mass is 35.5. The van der Waals surface area contributed by atoms with Gasteiger partial charge in [-0.1, -0.05) is 29.8 Å². The molecule has 134 valence electrons. The van der Waals surface area contributed by atoms with Crippen molar-refractivity contribution in [2.24, 2.45) is 5.92 Å². The summed E-state index contributed by atoms with van der Waals surface area (Å²) in [6.45, 7) is 4.11. The van der Waals surface area contributed by atoms with Gasteiger partial charge in [0.15, 0.2) is 12.2 Å². The van der Waals surface area contributed by atoms with Gasteiger partial charge in [-0.2, -0.15) is 0 Å². The molecular formula is C16H22ClNO6. The number of carbonyl (C=O) groups is 2. The molecule has 8 heteroatoms. The molecule has 0 spiro atoms. The predicted octanol–water partition coefficient (Wildman–Crippen LogP) is 1.98. The van der Waals surface area contributed by atoms with Crippen LogP contribution in [0.3, 0.4) is 0 Å². The maximum Gasteiger partial charge on any atom is 0.319 e. The Morgan fingerprint density at radius 2 is 1.67 bits per heavy atom. The van der Waals surface area contributed by atoms with Gasteiger partial charge in [-0.25, -0.2) is 0 Å². The lowest BCUT2D eigenvalue weighted by molar-refractivity contribution is -0.181. The third-order valence-electron chi connectivity index (χ3n) is 3.33. The molecule has 24 heavy (non-hydrogen) atoms. The molecule has 0 fully saturated rings. The van der Waals surface area contributed by atoms with E-state index in [-0.39, 0.29) is 19.8 Å². The topological polar surface area (TPSA) is 105 Å². The first kappa shape index (κ1) is 20.4. The predicted molar refractivity (Wildman–Crippen MR) is 87.9 cm³/mol. The number of halogens is 1. The van der Waals surface area contributed by atoms with Crippen LogP contribution in [0.5, 0.6) is 0 Å². The van der Waals surface area contributed by atoms with Gasteiger partial charge in [0, 0.05) is 24.8 Å².